The molecule has 0 unspecified atom stereocenters. The Morgan fingerprint density at radius 1 is 1.33 bits per heavy atom. The van der Waals surface area contributed by atoms with E-state index >= 15 is 0 Å². The summed E-state index contributed by atoms with van der Waals surface area (Å²) in [5.41, 5.74) is -0.605. The van der Waals surface area contributed by atoms with Gasteiger partial charge >= 0.3 is 0 Å². The SMILES string of the molecule is CCCCC(=O)NCC1(NC(=O)c2cc(=O)n(C)cn2)CCCC1. The van der Waals surface area contributed by atoms with Gasteiger partial charge in [0.25, 0.3) is 11.5 Å². The topological polar surface area (TPSA) is 93.1 Å². The maximum atomic E-state index is 12.5. The van der Waals surface area contributed by atoms with Crippen LogP contribution in [0, 0.1) is 0 Å². The second kappa shape index (κ2) is 8.08. The van der Waals surface area contributed by atoms with Crippen LogP contribution in [0.1, 0.15) is 62.4 Å². The van der Waals surface area contributed by atoms with E-state index in [1.165, 1.54) is 17.0 Å². The molecule has 7 heteroatoms. The highest BCUT2D eigenvalue weighted by Crippen LogP contribution is 2.29. The molecule has 1 aliphatic carbocycles. The summed E-state index contributed by atoms with van der Waals surface area (Å²) in [5.74, 6) is -0.346. The lowest BCUT2D eigenvalue weighted by Gasteiger charge is -2.30. The van der Waals surface area contributed by atoms with Crippen LogP contribution in [0.2, 0.25) is 0 Å². The first-order chi connectivity index (χ1) is 11.5. The van der Waals surface area contributed by atoms with Gasteiger partial charge in [0.1, 0.15) is 5.69 Å². The van der Waals surface area contributed by atoms with Crippen LogP contribution in [0.15, 0.2) is 17.2 Å². The Kier molecular flexibility index (Phi) is 6.11. The van der Waals surface area contributed by atoms with Gasteiger partial charge in [-0.2, -0.15) is 0 Å². The summed E-state index contributed by atoms with van der Waals surface area (Å²) in [6.07, 6.45) is 7.34. The molecule has 1 saturated carbocycles. The number of carbonyl (C=O) groups is 2. The van der Waals surface area contributed by atoms with Crippen molar-refractivity contribution in [3.8, 4) is 0 Å². The molecular formula is C17H26N4O3. The molecule has 1 fully saturated rings. The lowest BCUT2D eigenvalue weighted by atomic mass is 9.97. The van der Waals surface area contributed by atoms with Crippen molar-refractivity contribution in [2.24, 2.45) is 7.05 Å². The molecule has 1 heterocycles. The van der Waals surface area contributed by atoms with E-state index < -0.39 is 5.54 Å². The van der Waals surface area contributed by atoms with E-state index in [0.29, 0.717) is 13.0 Å². The zero-order valence-electron chi connectivity index (χ0n) is 14.4. The fourth-order valence-electron chi connectivity index (χ4n) is 2.98. The molecule has 0 aliphatic heterocycles. The molecule has 1 aromatic heterocycles. The predicted molar refractivity (Wildman–Crippen MR) is 90.7 cm³/mol. The van der Waals surface area contributed by atoms with Gasteiger partial charge in [-0.1, -0.05) is 26.2 Å². The van der Waals surface area contributed by atoms with E-state index in [9.17, 15) is 14.4 Å². The fraction of sp³-hybridized carbons (Fsp3) is 0.647. The van der Waals surface area contributed by atoms with Crippen LogP contribution in [0.3, 0.4) is 0 Å². The lowest BCUT2D eigenvalue weighted by Crippen LogP contribution is -2.54. The summed E-state index contributed by atoms with van der Waals surface area (Å²) < 4.78 is 1.32. The Labute approximate surface area is 141 Å². The van der Waals surface area contributed by atoms with Gasteiger partial charge in [0.15, 0.2) is 0 Å². The molecule has 2 amide bonds. The van der Waals surface area contributed by atoms with Gasteiger partial charge < -0.3 is 15.2 Å². The van der Waals surface area contributed by atoms with Gasteiger partial charge in [-0.15, -0.1) is 0 Å². The van der Waals surface area contributed by atoms with Crippen LogP contribution >= 0.6 is 0 Å². The summed E-state index contributed by atoms with van der Waals surface area (Å²) in [7, 11) is 1.58. The van der Waals surface area contributed by atoms with Crippen molar-refractivity contribution >= 4 is 11.8 Å². The van der Waals surface area contributed by atoms with Crippen LogP contribution in [0.5, 0.6) is 0 Å². The van der Waals surface area contributed by atoms with Crippen LogP contribution in [0.25, 0.3) is 0 Å². The number of aryl methyl sites for hydroxylation is 1. The van der Waals surface area contributed by atoms with Crippen LogP contribution < -0.4 is 16.2 Å². The van der Waals surface area contributed by atoms with Crippen molar-refractivity contribution in [2.45, 2.75) is 57.4 Å². The van der Waals surface area contributed by atoms with Gasteiger partial charge in [0.05, 0.1) is 11.9 Å². The number of hydrogen-bond acceptors (Lipinski definition) is 4. The Morgan fingerprint density at radius 2 is 2.04 bits per heavy atom. The zero-order valence-corrected chi connectivity index (χ0v) is 14.4. The number of carbonyl (C=O) groups excluding carboxylic acids is 2. The van der Waals surface area contributed by atoms with E-state index in [0.717, 1.165) is 38.5 Å². The Morgan fingerprint density at radius 3 is 2.67 bits per heavy atom. The molecule has 7 nitrogen and oxygen atoms in total. The van der Waals surface area contributed by atoms with Crippen molar-refractivity contribution in [3.05, 3.63) is 28.4 Å². The summed E-state index contributed by atoms with van der Waals surface area (Å²) >= 11 is 0. The minimum Gasteiger partial charge on any atom is -0.354 e. The molecule has 0 aromatic carbocycles. The summed E-state index contributed by atoms with van der Waals surface area (Å²) in [6.45, 7) is 2.47. The normalized spacial score (nSPS) is 15.9. The minimum absolute atomic E-state index is 0.0177. The number of nitrogens with one attached hydrogen (secondary N) is 2. The van der Waals surface area contributed by atoms with Gasteiger partial charge in [0.2, 0.25) is 5.91 Å². The monoisotopic (exact) mass is 334 g/mol. The van der Waals surface area contributed by atoms with Crippen molar-refractivity contribution < 1.29 is 9.59 Å². The zero-order chi connectivity index (χ0) is 17.6. The molecule has 1 aromatic rings. The molecule has 2 N–H and O–H groups in total. The average Bonchev–Trinajstić information content (AvgIpc) is 3.02. The highest BCUT2D eigenvalue weighted by atomic mass is 16.2. The Hall–Kier alpha value is -2.18. The molecule has 0 radical (unpaired) electrons. The predicted octanol–water partition coefficient (Wildman–Crippen LogP) is 1.13. The van der Waals surface area contributed by atoms with E-state index in [1.54, 1.807) is 7.05 Å². The van der Waals surface area contributed by atoms with E-state index in [2.05, 4.69) is 15.6 Å². The van der Waals surface area contributed by atoms with Crippen molar-refractivity contribution in [2.75, 3.05) is 6.54 Å². The van der Waals surface area contributed by atoms with Gasteiger partial charge in [0, 0.05) is 26.1 Å². The maximum Gasteiger partial charge on any atom is 0.270 e. The van der Waals surface area contributed by atoms with Gasteiger partial charge in [-0.3, -0.25) is 14.4 Å². The Bertz CT molecular complexity index is 647. The molecule has 2 rings (SSSR count). The first-order valence-electron chi connectivity index (χ1n) is 8.58. The maximum absolute atomic E-state index is 12.5. The molecule has 0 saturated heterocycles. The molecule has 24 heavy (non-hydrogen) atoms. The van der Waals surface area contributed by atoms with Gasteiger partial charge in [-0.05, 0) is 19.3 Å². The quantitative estimate of drug-likeness (QED) is 0.782. The summed E-state index contributed by atoms with van der Waals surface area (Å²) in [5, 5.41) is 5.94. The largest absolute Gasteiger partial charge is 0.354 e. The molecule has 0 bridgehead atoms. The first-order valence-corrected chi connectivity index (χ1v) is 8.58. The molecule has 132 valence electrons. The lowest BCUT2D eigenvalue weighted by molar-refractivity contribution is -0.121. The smallest absolute Gasteiger partial charge is 0.270 e. The molecule has 0 atom stereocenters. The number of rotatable bonds is 7. The van der Waals surface area contributed by atoms with E-state index in [4.69, 9.17) is 0 Å². The summed E-state index contributed by atoms with van der Waals surface area (Å²) in [6, 6.07) is 1.23. The molecular weight excluding hydrogens is 308 g/mol. The number of nitrogens with zero attached hydrogens (tertiary/aromatic N) is 2. The van der Waals surface area contributed by atoms with Crippen molar-refractivity contribution in [3.63, 3.8) is 0 Å². The second-order valence-corrected chi connectivity index (χ2v) is 6.55. The Balaban J connectivity index is 2.01. The number of amides is 2. The summed E-state index contributed by atoms with van der Waals surface area (Å²) in [4.78, 5) is 40.0. The third-order valence-corrected chi connectivity index (χ3v) is 4.53. The third-order valence-electron chi connectivity index (χ3n) is 4.53. The molecule has 1 aliphatic rings. The number of aromatic nitrogens is 2. The van der Waals surface area contributed by atoms with Crippen molar-refractivity contribution in [1.82, 2.24) is 20.2 Å². The van der Waals surface area contributed by atoms with Crippen LogP contribution in [-0.2, 0) is 11.8 Å². The first kappa shape index (κ1) is 18.2. The standard InChI is InChI=1S/C17H26N4O3/c1-3-4-7-14(22)18-11-17(8-5-6-9-17)20-16(24)13-10-15(23)21(2)12-19-13/h10,12H,3-9,11H2,1-2H3,(H,18,22)(H,20,24). The van der Waals surface area contributed by atoms with E-state index in [-0.39, 0.29) is 23.1 Å². The van der Waals surface area contributed by atoms with Crippen molar-refractivity contribution in [1.29, 1.82) is 0 Å². The highest BCUT2D eigenvalue weighted by Gasteiger charge is 2.36. The average molecular weight is 334 g/mol. The fourth-order valence-corrected chi connectivity index (χ4v) is 2.98. The van der Waals surface area contributed by atoms with Gasteiger partial charge in [-0.25, -0.2) is 4.98 Å². The third kappa shape index (κ3) is 4.66. The minimum atomic E-state index is -0.443. The molecule has 0 spiro atoms. The highest BCUT2D eigenvalue weighted by molar-refractivity contribution is 5.92. The van der Waals surface area contributed by atoms with E-state index in [1.807, 2.05) is 6.92 Å². The number of unbranched alkanes of at least 4 members (excludes halogenated alkanes) is 1. The van der Waals surface area contributed by atoms with Crippen LogP contribution in [-0.4, -0.2) is 33.4 Å². The number of hydrogen-bond donors (Lipinski definition) is 2. The van der Waals surface area contributed by atoms with Crippen LogP contribution in [0.4, 0.5) is 0 Å². The second-order valence-electron chi connectivity index (χ2n) is 6.55.